The molecule has 1 aromatic carbocycles. The SMILES string of the molecule is CC(Oc1nc(-c2cnc3ccc(CN(C)C)cn23)sc1C(N)=O)c1ccc(CO)cc1Cl. The molecule has 4 rings (SSSR count). The Kier molecular flexibility index (Phi) is 6.66. The molecular formula is C23H24ClN5O3S. The molecule has 0 aliphatic rings. The van der Waals surface area contributed by atoms with Gasteiger partial charge in [0.05, 0.1) is 12.8 Å². The topological polar surface area (TPSA) is 106 Å². The number of primary amides is 1. The molecule has 3 aromatic heterocycles. The van der Waals surface area contributed by atoms with Crippen molar-refractivity contribution in [1.82, 2.24) is 19.3 Å². The molecule has 0 saturated carbocycles. The molecule has 0 saturated heterocycles. The van der Waals surface area contributed by atoms with Crippen LogP contribution in [0, 0.1) is 0 Å². The zero-order chi connectivity index (χ0) is 23.7. The van der Waals surface area contributed by atoms with Gasteiger partial charge in [-0.15, -0.1) is 11.3 Å². The normalized spacial score (nSPS) is 12.4. The highest BCUT2D eigenvalue weighted by atomic mass is 35.5. The van der Waals surface area contributed by atoms with Gasteiger partial charge in [0.2, 0.25) is 5.88 Å². The fourth-order valence-electron chi connectivity index (χ4n) is 3.52. The second-order valence-electron chi connectivity index (χ2n) is 7.94. The van der Waals surface area contributed by atoms with E-state index in [2.05, 4.69) is 14.9 Å². The van der Waals surface area contributed by atoms with Gasteiger partial charge in [0.15, 0.2) is 4.88 Å². The molecule has 0 radical (unpaired) electrons. The summed E-state index contributed by atoms with van der Waals surface area (Å²) in [5.74, 6) is -0.471. The number of hydrogen-bond donors (Lipinski definition) is 2. The summed E-state index contributed by atoms with van der Waals surface area (Å²) < 4.78 is 7.97. The lowest BCUT2D eigenvalue weighted by atomic mass is 10.1. The van der Waals surface area contributed by atoms with Crippen LogP contribution >= 0.6 is 22.9 Å². The summed E-state index contributed by atoms with van der Waals surface area (Å²) in [6.07, 6.45) is 3.23. The number of carbonyl (C=O) groups excluding carboxylic acids is 1. The Hall–Kier alpha value is -2.98. The van der Waals surface area contributed by atoms with E-state index in [4.69, 9.17) is 22.1 Å². The summed E-state index contributed by atoms with van der Waals surface area (Å²) in [7, 11) is 4.01. The first-order valence-electron chi connectivity index (χ1n) is 10.2. The maximum atomic E-state index is 12.1. The van der Waals surface area contributed by atoms with E-state index in [0.717, 1.165) is 34.8 Å². The highest BCUT2D eigenvalue weighted by Gasteiger charge is 2.23. The second kappa shape index (κ2) is 9.48. The largest absolute Gasteiger partial charge is 0.469 e. The number of hydrogen-bond acceptors (Lipinski definition) is 7. The van der Waals surface area contributed by atoms with Gasteiger partial charge in [0, 0.05) is 23.3 Å². The van der Waals surface area contributed by atoms with Crippen LogP contribution < -0.4 is 10.5 Å². The summed E-state index contributed by atoms with van der Waals surface area (Å²) in [6.45, 7) is 2.48. The van der Waals surface area contributed by atoms with Crippen LogP contribution in [0.15, 0.2) is 42.7 Å². The molecule has 0 aliphatic carbocycles. The van der Waals surface area contributed by atoms with Crippen LogP contribution in [0.25, 0.3) is 16.3 Å². The number of aliphatic hydroxyl groups is 1. The van der Waals surface area contributed by atoms with Crippen LogP contribution in [-0.2, 0) is 13.2 Å². The average Bonchev–Trinajstić information content (AvgIpc) is 3.36. The Bertz CT molecular complexity index is 1320. The third-order valence-electron chi connectivity index (χ3n) is 5.08. The Morgan fingerprint density at radius 2 is 2.06 bits per heavy atom. The minimum absolute atomic E-state index is 0.105. The Balaban J connectivity index is 1.69. The lowest BCUT2D eigenvalue weighted by molar-refractivity contribution is 0.0997. The third-order valence-corrected chi connectivity index (χ3v) is 6.48. The van der Waals surface area contributed by atoms with Crippen LogP contribution in [0.4, 0.5) is 0 Å². The molecule has 1 amide bonds. The van der Waals surface area contributed by atoms with Crippen molar-refractivity contribution in [3.63, 3.8) is 0 Å². The molecule has 0 spiro atoms. The quantitative estimate of drug-likeness (QED) is 0.392. The molecule has 0 aliphatic heterocycles. The molecule has 172 valence electrons. The van der Waals surface area contributed by atoms with Gasteiger partial charge in [-0.05, 0) is 44.3 Å². The van der Waals surface area contributed by atoms with Crippen LogP contribution in [-0.4, -0.2) is 44.4 Å². The zero-order valence-electron chi connectivity index (χ0n) is 18.4. The van der Waals surface area contributed by atoms with E-state index < -0.39 is 12.0 Å². The van der Waals surface area contributed by atoms with Crippen LogP contribution in [0.3, 0.4) is 0 Å². The number of benzene rings is 1. The van der Waals surface area contributed by atoms with Crippen molar-refractivity contribution >= 4 is 34.5 Å². The summed E-state index contributed by atoms with van der Waals surface area (Å²) in [4.78, 5) is 23.5. The molecule has 0 bridgehead atoms. The van der Waals surface area contributed by atoms with E-state index in [-0.39, 0.29) is 17.4 Å². The number of carbonyl (C=O) groups is 1. The summed E-state index contributed by atoms with van der Waals surface area (Å²) in [6, 6.07) is 9.22. The number of nitrogens with zero attached hydrogens (tertiary/aromatic N) is 4. The maximum absolute atomic E-state index is 12.1. The molecule has 1 unspecified atom stereocenters. The second-order valence-corrected chi connectivity index (χ2v) is 9.34. The fourth-order valence-corrected chi connectivity index (χ4v) is 4.74. The van der Waals surface area contributed by atoms with Crippen LogP contribution in [0.5, 0.6) is 5.88 Å². The smallest absolute Gasteiger partial charge is 0.264 e. The van der Waals surface area contributed by atoms with Gasteiger partial charge in [0.1, 0.15) is 22.5 Å². The van der Waals surface area contributed by atoms with Crippen molar-refractivity contribution in [2.75, 3.05) is 14.1 Å². The van der Waals surface area contributed by atoms with Gasteiger partial charge in [0.25, 0.3) is 5.91 Å². The molecule has 8 nitrogen and oxygen atoms in total. The molecule has 1 atom stereocenters. The Labute approximate surface area is 200 Å². The number of aliphatic hydroxyl groups excluding tert-OH is 1. The molecule has 10 heteroatoms. The Morgan fingerprint density at radius 3 is 2.73 bits per heavy atom. The first-order valence-corrected chi connectivity index (χ1v) is 11.4. The van der Waals surface area contributed by atoms with Crippen molar-refractivity contribution in [2.45, 2.75) is 26.2 Å². The maximum Gasteiger partial charge on any atom is 0.264 e. The van der Waals surface area contributed by atoms with Crippen LogP contribution in [0.2, 0.25) is 5.02 Å². The number of aromatic nitrogens is 3. The van der Waals surface area contributed by atoms with Gasteiger partial charge in [-0.25, -0.2) is 4.98 Å². The highest BCUT2D eigenvalue weighted by molar-refractivity contribution is 7.17. The number of thiazole rings is 1. The summed E-state index contributed by atoms with van der Waals surface area (Å²) >= 11 is 7.52. The number of nitrogens with two attached hydrogens (primary N) is 1. The standard InChI is InChI=1S/C23H24ClN5O3S/c1-13(16-6-4-14(12-30)8-17(16)24)32-22-20(21(25)31)33-23(27-22)18-9-26-19-7-5-15(10-28(2)3)11-29(18)19/h4-9,11,13,30H,10,12H2,1-3H3,(H2,25,31). The number of halogens is 1. The number of ether oxygens (including phenoxy) is 1. The van der Waals surface area contributed by atoms with E-state index in [0.29, 0.717) is 21.2 Å². The minimum atomic E-state index is -0.621. The Morgan fingerprint density at radius 1 is 1.30 bits per heavy atom. The molecule has 3 heterocycles. The van der Waals surface area contributed by atoms with E-state index in [1.165, 1.54) is 0 Å². The predicted octanol–water partition coefficient (Wildman–Crippen LogP) is 3.90. The molecule has 3 N–H and O–H groups in total. The predicted molar refractivity (Wildman–Crippen MR) is 129 cm³/mol. The van der Waals surface area contributed by atoms with Gasteiger partial charge >= 0.3 is 0 Å². The first kappa shape index (κ1) is 23.2. The highest BCUT2D eigenvalue weighted by Crippen LogP contribution is 2.36. The number of amides is 1. The summed E-state index contributed by atoms with van der Waals surface area (Å²) in [5, 5.41) is 10.3. The molecule has 33 heavy (non-hydrogen) atoms. The van der Waals surface area contributed by atoms with E-state index >= 15 is 0 Å². The van der Waals surface area contributed by atoms with Crippen molar-refractivity contribution in [3.8, 4) is 16.6 Å². The number of fused-ring (bicyclic) bond motifs is 1. The first-order chi connectivity index (χ1) is 15.8. The van der Waals surface area contributed by atoms with Gasteiger partial charge < -0.3 is 20.5 Å². The number of imidazole rings is 1. The lowest BCUT2D eigenvalue weighted by Gasteiger charge is -2.15. The lowest BCUT2D eigenvalue weighted by Crippen LogP contribution is -2.12. The fraction of sp³-hybridized carbons (Fsp3) is 0.261. The van der Waals surface area contributed by atoms with E-state index in [1.54, 1.807) is 24.4 Å². The minimum Gasteiger partial charge on any atom is -0.469 e. The van der Waals surface area contributed by atoms with Crippen molar-refractivity contribution in [3.05, 3.63) is 69.3 Å². The van der Waals surface area contributed by atoms with Crippen molar-refractivity contribution in [2.24, 2.45) is 5.73 Å². The molecular weight excluding hydrogens is 462 g/mol. The molecule has 0 fully saturated rings. The van der Waals surface area contributed by atoms with Crippen molar-refractivity contribution < 1.29 is 14.6 Å². The van der Waals surface area contributed by atoms with Gasteiger partial charge in [-0.3, -0.25) is 9.20 Å². The zero-order valence-corrected chi connectivity index (χ0v) is 20.0. The third kappa shape index (κ3) is 4.86. The van der Waals surface area contributed by atoms with Gasteiger partial charge in [-0.1, -0.05) is 29.8 Å². The molecule has 4 aromatic rings. The van der Waals surface area contributed by atoms with E-state index in [9.17, 15) is 9.90 Å². The number of rotatable bonds is 8. The summed E-state index contributed by atoms with van der Waals surface area (Å²) in [5.41, 5.74) is 9.66. The monoisotopic (exact) mass is 485 g/mol. The van der Waals surface area contributed by atoms with E-state index in [1.807, 2.05) is 43.7 Å². The van der Waals surface area contributed by atoms with Crippen LogP contribution in [0.1, 0.15) is 39.4 Å². The average molecular weight is 486 g/mol. The van der Waals surface area contributed by atoms with Gasteiger partial charge in [-0.2, -0.15) is 4.98 Å². The van der Waals surface area contributed by atoms with Crippen molar-refractivity contribution in [1.29, 1.82) is 0 Å². The number of pyridine rings is 1.